The zero-order chi connectivity index (χ0) is 18.3. The Labute approximate surface area is 156 Å². The second kappa shape index (κ2) is 6.80. The van der Waals surface area contributed by atoms with Crippen molar-refractivity contribution in [2.75, 3.05) is 24.7 Å². The van der Waals surface area contributed by atoms with Gasteiger partial charge in [-0.25, -0.2) is 4.39 Å². The molecule has 4 nitrogen and oxygen atoms in total. The van der Waals surface area contributed by atoms with E-state index in [0.29, 0.717) is 36.3 Å². The summed E-state index contributed by atoms with van der Waals surface area (Å²) in [7, 11) is 0. The van der Waals surface area contributed by atoms with Crippen LogP contribution in [0.5, 0.6) is 11.5 Å². The van der Waals surface area contributed by atoms with Crippen LogP contribution in [-0.2, 0) is 17.6 Å². The predicted molar refractivity (Wildman–Crippen MR) is 98.0 cm³/mol. The van der Waals surface area contributed by atoms with Gasteiger partial charge in [0.25, 0.3) is 0 Å². The SMILES string of the molecule is Cc1cc(F)cc2c1N(C(=O)Cc1cc(Cl)c3c(c1)OCCO3)CCC2. The maximum Gasteiger partial charge on any atom is 0.231 e. The summed E-state index contributed by atoms with van der Waals surface area (Å²) >= 11 is 6.27. The molecule has 0 bridgehead atoms. The molecule has 0 radical (unpaired) electrons. The van der Waals surface area contributed by atoms with Gasteiger partial charge in [-0.1, -0.05) is 11.6 Å². The minimum atomic E-state index is -0.255. The van der Waals surface area contributed by atoms with Crippen molar-refractivity contribution in [2.45, 2.75) is 26.2 Å². The number of ether oxygens (including phenoxy) is 2. The molecular weight excluding hydrogens is 357 g/mol. The van der Waals surface area contributed by atoms with E-state index in [1.165, 1.54) is 12.1 Å². The summed E-state index contributed by atoms with van der Waals surface area (Å²) in [6.07, 6.45) is 1.81. The van der Waals surface area contributed by atoms with E-state index >= 15 is 0 Å². The molecule has 0 fully saturated rings. The molecule has 136 valence electrons. The van der Waals surface area contributed by atoms with Crippen LogP contribution >= 0.6 is 11.6 Å². The highest BCUT2D eigenvalue weighted by Gasteiger charge is 2.26. The maximum absolute atomic E-state index is 13.7. The molecule has 2 aromatic carbocycles. The van der Waals surface area contributed by atoms with E-state index in [-0.39, 0.29) is 18.1 Å². The highest BCUT2D eigenvalue weighted by atomic mass is 35.5. The average molecular weight is 376 g/mol. The standard InChI is InChI=1S/C20H19ClFNO3/c1-12-7-15(22)11-14-3-2-4-23(19(12)14)18(24)10-13-8-16(21)20-17(9-13)25-5-6-26-20/h7-9,11H,2-6,10H2,1H3. The van der Waals surface area contributed by atoms with Gasteiger partial charge in [-0.15, -0.1) is 0 Å². The van der Waals surface area contributed by atoms with E-state index in [0.717, 1.165) is 35.2 Å². The molecule has 26 heavy (non-hydrogen) atoms. The van der Waals surface area contributed by atoms with Gasteiger partial charge in [0.2, 0.25) is 5.91 Å². The van der Waals surface area contributed by atoms with E-state index in [9.17, 15) is 9.18 Å². The number of hydrogen-bond donors (Lipinski definition) is 0. The van der Waals surface area contributed by atoms with Crippen LogP contribution in [-0.4, -0.2) is 25.7 Å². The molecule has 0 saturated carbocycles. The van der Waals surface area contributed by atoms with Gasteiger partial charge in [-0.2, -0.15) is 0 Å². The number of halogens is 2. The van der Waals surface area contributed by atoms with Crippen molar-refractivity contribution in [3.8, 4) is 11.5 Å². The molecule has 2 heterocycles. The molecule has 0 atom stereocenters. The van der Waals surface area contributed by atoms with Gasteiger partial charge in [0.05, 0.1) is 11.4 Å². The van der Waals surface area contributed by atoms with Crippen molar-refractivity contribution in [3.05, 3.63) is 51.8 Å². The van der Waals surface area contributed by atoms with Crippen LogP contribution in [0.2, 0.25) is 5.02 Å². The van der Waals surface area contributed by atoms with Crippen LogP contribution in [0.3, 0.4) is 0 Å². The normalized spacial score (nSPS) is 15.6. The zero-order valence-electron chi connectivity index (χ0n) is 14.5. The van der Waals surface area contributed by atoms with Gasteiger partial charge in [0.1, 0.15) is 19.0 Å². The molecule has 0 spiro atoms. The minimum absolute atomic E-state index is 0.0339. The predicted octanol–water partition coefficient (Wildman–Crippen LogP) is 4.08. The van der Waals surface area contributed by atoms with E-state index in [4.69, 9.17) is 21.1 Å². The molecular formula is C20H19ClFNO3. The number of carbonyl (C=O) groups is 1. The molecule has 0 unspecified atom stereocenters. The summed E-state index contributed by atoms with van der Waals surface area (Å²) < 4.78 is 24.8. The summed E-state index contributed by atoms with van der Waals surface area (Å²) in [5.41, 5.74) is 3.29. The molecule has 4 rings (SSSR count). The first-order chi connectivity index (χ1) is 12.5. The van der Waals surface area contributed by atoms with Gasteiger partial charge in [0.15, 0.2) is 11.5 Å². The van der Waals surface area contributed by atoms with Crippen LogP contribution in [0.4, 0.5) is 10.1 Å². The smallest absolute Gasteiger partial charge is 0.231 e. The van der Waals surface area contributed by atoms with Crippen LogP contribution < -0.4 is 14.4 Å². The van der Waals surface area contributed by atoms with Crippen molar-refractivity contribution in [2.24, 2.45) is 0 Å². The molecule has 6 heteroatoms. The van der Waals surface area contributed by atoms with Gasteiger partial charge in [0, 0.05) is 12.2 Å². The Morgan fingerprint density at radius 1 is 1.23 bits per heavy atom. The first kappa shape index (κ1) is 17.2. The van der Waals surface area contributed by atoms with Crippen LogP contribution in [0.1, 0.15) is 23.1 Å². The van der Waals surface area contributed by atoms with E-state index < -0.39 is 0 Å². The Hall–Kier alpha value is -2.27. The quantitative estimate of drug-likeness (QED) is 0.793. The summed E-state index contributed by atoms with van der Waals surface area (Å²) in [6, 6.07) is 6.56. The second-order valence-electron chi connectivity index (χ2n) is 6.66. The molecule has 0 aromatic heterocycles. The van der Waals surface area contributed by atoms with Crippen LogP contribution in [0.25, 0.3) is 0 Å². The third-order valence-corrected chi connectivity index (χ3v) is 5.04. The van der Waals surface area contributed by atoms with Crippen molar-refractivity contribution in [1.82, 2.24) is 0 Å². The fraction of sp³-hybridized carbons (Fsp3) is 0.350. The number of rotatable bonds is 2. The first-order valence-corrected chi connectivity index (χ1v) is 9.08. The number of amides is 1. The number of benzene rings is 2. The lowest BCUT2D eigenvalue weighted by Crippen LogP contribution is -2.37. The van der Waals surface area contributed by atoms with Crippen molar-refractivity contribution >= 4 is 23.2 Å². The lowest BCUT2D eigenvalue weighted by molar-refractivity contribution is -0.118. The number of aryl methyl sites for hydroxylation is 2. The Kier molecular flexibility index (Phi) is 4.49. The summed E-state index contributed by atoms with van der Waals surface area (Å²) in [4.78, 5) is 14.7. The molecule has 2 aliphatic heterocycles. The Balaban J connectivity index is 1.62. The van der Waals surface area contributed by atoms with Gasteiger partial charge >= 0.3 is 0 Å². The zero-order valence-corrected chi connectivity index (χ0v) is 15.2. The number of anilines is 1. The van der Waals surface area contributed by atoms with E-state index in [2.05, 4.69) is 0 Å². The van der Waals surface area contributed by atoms with E-state index in [1.807, 2.05) is 6.92 Å². The number of hydrogen-bond acceptors (Lipinski definition) is 3. The maximum atomic E-state index is 13.7. The Morgan fingerprint density at radius 3 is 2.88 bits per heavy atom. The largest absolute Gasteiger partial charge is 0.486 e. The van der Waals surface area contributed by atoms with Crippen molar-refractivity contribution < 1.29 is 18.7 Å². The average Bonchev–Trinajstić information content (AvgIpc) is 2.61. The summed E-state index contributed by atoms with van der Waals surface area (Å²) in [5.74, 6) is 0.815. The molecule has 2 aromatic rings. The fourth-order valence-corrected chi connectivity index (χ4v) is 3.99. The number of fused-ring (bicyclic) bond motifs is 2. The molecule has 0 aliphatic carbocycles. The molecule has 0 N–H and O–H groups in total. The number of carbonyl (C=O) groups excluding carboxylic acids is 1. The van der Waals surface area contributed by atoms with Crippen molar-refractivity contribution in [1.29, 1.82) is 0 Å². The third-order valence-electron chi connectivity index (χ3n) is 4.75. The highest BCUT2D eigenvalue weighted by Crippen LogP contribution is 2.39. The van der Waals surface area contributed by atoms with Gasteiger partial charge < -0.3 is 14.4 Å². The van der Waals surface area contributed by atoms with Crippen LogP contribution in [0, 0.1) is 12.7 Å². The molecule has 2 aliphatic rings. The first-order valence-electron chi connectivity index (χ1n) is 8.70. The minimum Gasteiger partial charge on any atom is -0.486 e. The number of nitrogens with zero attached hydrogens (tertiary/aromatic N) is 1. The topological polar surface area (TPSA) is 38.8 Å². The summed E-state index contributed by atoms with van der Waals surface area (Å²) in [5, 5.41) is 0.447. The Morgan fingerprint density at radius 2 is 2.04 bits per heavy atom. The molecule has 1 amide bonds. The van der Waals surface area contributed by atoms with E-state index in [1.54, 1.807) is 17.0 Å². The van der Waals surface area contributed by atoms with Gasteiger partial charge in [-0.05, 0) is 60.7 Å². The fourth-order valence-electron chi connectivity index (χ4n) is 3.71. The molecule has 0 saturated heterocycles. The lowest BCUT2D eigenvalue weighted by Gasteiger charge is -2.31. The highest BCUT2D eigenvalue weighted by molar-refractivity contribution is 6.32. The monoisotopic (exact) mass is 375 g/mol. The van der Waals surface area contributed by atoms with Crippen LogP contribution in [0.15, 0.2) is 24.3 Å². The summed E-state index contributed by atoms with van der Waals surface area (Å²) in [6.45, 7) is 3.40. The second-order valence-corrected chi connectivity index (χ2v) is 7.07. The van der Waals surface area contributed by atoms with Crippen molar-refractivity contribution in [3.63, 3.8) is 0 Å². The lowest BCUT2D eigenvalue weighted by atomic mass is 9.97. The third kappa shape index (κ3) is 3.12. The van der Waals surface area contributed by atoms with Gasteiger partial charge in [-0.3, -0.25) is 4.79 Å². The Bertz CT molecular complexity index is 884.